The Labute approximate surface area is 127 Å². The van der Waals surface area contributed by atoms with Gasteiger partial charge < -0.3 is 4.57 Å². The molecule has 2 unspecified atom stereocenters. The number of para-hydroxylation sites is 1. The van der Waals surface area contributed by atoms with E-state index in [-0.39, 0.29) is 10.8 Å². The normalized spacial score (nSPS) is 22.6. The first kappa shape index (κ1) is 14.0. The number of rotatable bonds is 3. The standard InChI is InChI=1S/C14H15ClN4O2/c1-17-7-11(12(8-17)19(20)21)13-14(15)16-9-18(13)10-5-3-2-4-6-10/h2-6,9,11-12H,7-8H2,1H3. The lowest BCUT2D eigenvalue weighted by Crippen LogP contribution is -2.28. The third-order valence-electron chi connectivity index (χ3n) is 3.89. The molecular formula is C14H15ClN4O2. The number of likely N-dealkylation sites (N-methyl/N-ethyl adjacent to an activating group) is 1. The van der Waals surface area contributed by atoms with E-state index >= 15 is 0 Å². The lowest BCUT2D eigenvalue weighted by atomic mass is 10.0. The minimum atomic E-state index is -0.660. The Morgan fingerprint density at radius 3 is 2.71 bits per heavy atom. The van der Waals surface area contributed by atoms with Crippen molar-refractivity contribution in [3.63, 3.8) is 0 Å². The smallest absolute Gasteiger partial charge is 0.235 e. The molecule has 1 fully saturated rings. The van der Waals surface area contributed by atoms with Gasteiger partial charge in [0.15, 0.2) is 5.15 Å². The van der Waals surface area contributed by atoms with Crippen molar-refractivity contribution in [3.05, 3.63) is 57.6 Å². The van der Waals surface area contributed by atoms with Crippen molar-refractivity contribution in [1.82, 2.24) is 14.5 Å². The number of aromatic nitrogens is 2. The third kappa shape index (κ3) is 2.52. The van der Waals surface area contributed by atoms with Gasteiger partial charge in [-0.25, -0.2) is 4.98 Å². The van der Waals surface area contributed by atoms with Crippen LogP contribution in [0.3, 0.4) is 0 Å². The van der Waals surface area contributed by atoms with Gasteiger partial charge >= 0.3 is 0 Å². The summed E-state index contributed by atoms with van der Waals surface area (Å²) in [6, 6.07) is 8.96. The zero-order chi connectivity index (χ0) is 15.0. The molecule has 1 saturated heterocycles. The van der Waals surface area contributed by atoms with Crippen LogP contribution in [0.2, 0.25) is 5.15 Å². The highest BCUT2D eigenvalue weighted by Gasteiger charge is 2.43. The van der Waals surface area contributed by atoms with Crippen molar-refractivity contribution < 1.29 is 4.92 Å². The van der Waals surface area contributed by atoms with E-state index in [0.717, 1.165) is 5.69 Å². The minimum Gasteiger partial charge on any atom is -0.301 e. The number of hydrogen-bond donors (Lipinski definition) is 0. The van der Waals surface area contributed by atoms with E-state index in [1.807, 2.05) is 46.8 Å². The molecule has 1 aromatic carbocycles. The molecule has 0 spiro atoms. The van der Waals surface area contributed by atoms with Crippen LogP contribution in [0.1, 0.15) is 11.6 Å². The Morgan fingerprint density at radius 1 is 1.33 bits per heavy atom. The highest BCUT2D eigenvalue weighted by molar-refractivity contribution is 6.30. The summed E-state index contributed by atoms with van der Waals surface area (Å²) in [5, 5.41) is 11.7. The largest absolute Gasteiger partial charge is 0.301 e. The number of halogens is 1. The molecular weight excluding hydrogens is 292 g/mol. The molecule has 3 rings (SSSR count). The van der Waals surface area contributed by atoms with Gasteiger partial charge in [-0.15, -0.1) is 0 Å². The van der Waals surface area contributed by atoms with Crippen LogP contribution in [0.15, 0.2) is 36.7 Å². The van der Waals surface area contributed by atoms with E-state index in [1.54, 1.807) is 6.33 Å². The highest BCUT2D eigenvalue weighted by Crippen LogP contribution is 2.34. The highest BCUT2D eigenvalue weighted by atomic mass is 35.5. The predicted octanol–water partition coefficient (Wildman–Crippen LogP) is 2.20. The van der Waals surface area contributed by atoms with E-state index in [4.69, 9.17) is 11.6 Å². The van der Waals surface area contributed by atoms with E-state index in [0.29, 0.717) is 23.9 Å². The summed E-state index contributed by atoms with van der Waals surface area (Å²) in [6.07, 6.45) is 1.63. The molecule has 0 bridgehead atoms. The molecule has 6 nitrogen and oxygen atoms in total. The monoisotopic (exact) mass is 306 g/mol. The Hall–Kier alpha value is -1.92. The van der Waals surface area contributed by atoms with Crippen molar-refractivity contribution in [3.8, 4) is 5.69 Å². The van der Waals surface area contributed by atoms with Crippen LogP contribution in [-0.2, 0) is 0 Å². The first-order valence-electron chi connectivity index (χ1n) is 6.68. The maximum Gasteiger partial charge on any atom is 0.235 e. The number of nitro groups is 1. The fraction of sp³-hybridized carbons (Fsp3) is 0.357. The Bertz CT molecular complexity index is 658. The van der Waals surface area contributed by atoms with Gasteiger partial charge in [-0.3, -0.25) is 15.0 Å². The second-order valence-corrected chi connectivity index (χ2v) is 5.66. The lowest BCUT2D eigenvalue weighted by Gasteiger charge is -2.15. The van der Waals surface area contributed by atoms with Crippen LogP contribution in [0.25, 0.3) is 5.69 Å². The van der Waals surface area contributed by atoms with Crippen molar-refractivity contribution in [1.29, 1.82) is 0 Å². The maximum atomic E-state index is 11.3. The number of likely N-dealkylation sites (tertiary alicyclic amines) is 1. The van der Waals surface area contributed by atoms with Gasteiger partial charge in [0, 0.05) is 17.2 Å². The van der Waals surface area contributed by atoms with Gasteiger partial charge in [0.1, 0.15) is 6.33 Å². The predicted molar refractivity (Wildman–Crippen MR) is 79.6 cm³/mol. The molecule has 2 aromatic rings. The lowest BCUT2D eigenvalue weighted by molar-refractivity contribution is -0.521. The molecule has 0 N–H and O–H groups in total. The third-order valence-corrected chi connectivity index (χ3v) is 4.18. The topological polar surface area (TPSA) is 64.2 Å². The molecule has 0 radical (unpaired) electrons. The van der Waals surface area contributed by atoms with Crippen LogP contribution in [0.4, 0.5) is 0 Å². The van der Waals surface area contributed by atoms with E-state index < -0.39 is 6.04 Å². The first-order valence-corrected chi connectivity index (χ1v) is 7.06. The molecule has 21 heavy (non-hydrogen) atoms. The van der Waals surface area contributed by atoms with E-state index in [1.165, 1.54) is 0 Å². The fourth-order valence-corrected chi connectivity index (χ4v) is 3.20. The molecule has 1 aliphatic rings. The molecule has 1 aromatic heterocycles. The van der Waals surface area contributed by atoms with Crippen LogP contribution in [0.5, 0.6) is 0 Å². The summed E-state index contributed by atoms with van der Waals surface area (Å²) in [5.74, 6) is -0.264. The minimum absolute atomic E-state index is 0.215. The summed E-state index contributed by atoms with van der Waals surface area (Å²) in [4.78, 5) is 17.2. The summed E-state index contributed by atoms with van der Waals surface area (Å²) in [6.45, 7) is 1.03. The SMILES string of the molecule is CN1CC(c2c(Cl)ncn2-c2ccccc2)C([N+](=O)[O-])C1. The second kappa shape index (κ2) is 5.46. The van der Waals surface area contributed by atoms with Crippen LogP contribution >= 0.6 is 11.6 Å². The quantitative estimate of drug-likeness (QED) is 0.644. The average Bonchev–Trinajstić information content (AvgIpc) is 3.02. The van der Waals surface area contributed by atoms with E-state index in [2.05, 4.69) is 4.98 Å². The van der Waals surface area contributed by atoms with Crippen molar-refractivity contribution in [2.75, 3.05) is 20.1 Å². The molecule has 2 heterocycles. The molecule has 7 heteroatoms. The van der Waals surface area contributed by atoms with Gasteiger partial charge in [0.25, 0.3) is 0 Å². The Morgan fingerprint density at radius 2 is 2.05 bits per heavy atom. The second-order valence-electron chi connectivity index (χ2n) is 5.31. The number of imidazole rings is 1. The molecule has 2 atom stereocenters. The van der Waals surface area contributed by atoms with Crippen LogP contribution in [-0.4, -0.2) is 45.6 Å². The van der Waals surface area contributed by atoms with Crippen molar-refractivity contribution in [2.24, 2.45) is 0 Å². The van der Waals surface area contributed by atoms with Crippen molar-refractivity contribution >= 4 is 11.6 Å². The van der Waals surface area contributed by atoms with Gasteiger partial charge in [-0.1, -0.05) is 29.8 Å². The van der Waals surface area contributed by atoms with E-state index in [9.17, 15) is 10.1 Å². The first-order chi connectivity index (χ1) is 10.1. The van der Waals surface area contributed by atoms with Gasteiger partial charge in [0.05, 0.1) is 18.2 Å². The van der Waals surface area contributed by atoms with Crippen LogP contribution in [0, 0.1) is 10.1 Å². The zero-order valence-corrected chi connectivity index (χ0v) is 12.3. The number of hydrogen-bond acceptors (Lipinski definition) is 4. The van der Waals surface area contributed by atoms with Gasteiger partial charge in [-0.05, 0) is 19.2 Å². The molecule has 1 aliphatic heterocycles. The fourth-order valence-electron chi connectivity index (χ4n) is 2.92. The summed E-state index contributed by atoms with van der Waals surface area (Å²) in [7, 11) is 1.88. The number of benzene rings is 1. The molecule has 0 saturated carbocycles. The molecule has 110 valence electrons. The maximum absolute atomic E-state index is 11.3. The van der Waals surface area contributed by atoms with Gasteiger partial charge in [0.2, 0.25) is 6.04 Å². The van der Waals surface area contributed by atoms with Gasteiger partial charge in [-0.2, -0.15) is 0 Å². The zero-order valence-electron chi connectivity index (χ0n) is 11.5. The van der Waals surface area contributed by atoms with Crippen LogP contribution < -0.4 is 0 Å². The molecule has 0 amide bonds. The van der Waals surface area contributed by atoms with Crippen molar-refractivity contribution in [2.45, 2.75) is 12.0 Å². The number of nitrogens with zero attached hydrogens (tertiary/aromatic N) is 4. The summed E-state index contributed by atoms with van der Waals surface area (Å²) >= 11 is 6.22. The Kier molecular flexibility index (Phi) is 3.65. The summed E-state index contributed by atoms with van der Waals surface area (Å²) in [5.41, 5.74) is 1.62. The average molecular weight is 307 g/mol. The summed E-state index contributed by atoms with van der Waals surface area (Å²) < 4.78 is 1.85. The molecule has 0 aliphatic carbocycles. The Balaban J connectivity index is 2.06.